The van der Waals surface area contributed by atoms with Crippen LogP contribution in [0.5, 0.6) is 0 Å². The summed E-state index contributed by atoms with van der Waals surface area (Å²) in [5, 5.41) is 0. The smallest absolute Gasteiger partial charge is 0.201 e. The van der Waals surface area contributed by atoms with E-state index >= 15 is 0 Å². The molecule has 0 unspecified atom stereocenters. The Kier molecular flexibility index (Phi) is 2.72. The molecule has 0 saturated carbocycles. The van der Waals surface area contributed by atoms with Crippen LogP contribution < -0.4 is 4.57 Å². The van der Waals surface area contributed by atoms with Crippen molar-refractivity contribution in [1.82, 2.24) is 0 Å². The average Bonchev–Trinajstić information content (AvgIpc) is 2.75. The highest BCUT2D eigenvalue weighted by molar-refractivity contribution is 5.84. The second-order valence-electron chi connectivity index (χ2n) is 7.01. The minimum atomic E-state index is 0.0162. The van der Waals surface area contributed by atoms with E-state index in [-0.39, 0.29) is 5.41 Å². The number of hydrogen-bond donors (Lipinski definition) is 0. The molecule has 1 aliphatic rings. The molecule has 23 heavy (non-hydrogen) atoms. The molecule has 0 radical (unpaired) electrons. The molecule has 2 aromatic carbocycles. The summed E-state index contributed by atoms with van der Waals surface area (Å²) in [4.78, 5) is 0. The standard InChI is InChI=1S/C22H22N/c1-15-13-18-16-9-5-6-10-19(16)22(2,3)20(18)14-17(15)21-11-7-8-12-23(21)4/h5-14H,1-4H3/q+1/i8D. The van der Waals surface area contributed by atoms with Crippen molar-refractivity contribution < 1.29 is 5.94 Å². The van der Waals surface area contributed by atoms with Crippen molar-refractivity contribution in [2.24, 2.45) is 7.05 Å². The SMILES string of the molecule is [2H]c1ccc(-c2cc3c(cc2C)-c2ccccc2C3(C)C)[n+](C)c1. The number of aromatic nitrogens is 1. The lowest BCUT2D eigenvalue weighted by Gasteiger charge is -2.22. The van der Waals surface area contributed by atoms with E-state index in [2.05, 4.69) is 57.2 Å². The van der Waals surface area contributed by atoms with Crippen molar-refractivity contribution in [2.75, 3.05) is 0 Å². The second-order valence-corrected chi connectivity index (χ2v) is 7.01. The van der Waals surface area contributed by atoms with Crippen LogP contribution in [0.15, 0.2) is 60.8 Å². The Balaban J connectivity index is 1.98. The van der Waals surface area contributed by atoms with Gasteiger partial charge >= 0.3 is 0 Å². The summed E-state index contributed by atoms with van der Waals surface area (Å²) in [5.41, 5.74) is 9.20. The zero-order valence-electron chi connectivity index (χ0n) is 15.1. The highest BCUT2D eigenvalue weighted by Gasteiger charge is 2.36. The Morgan fingerprint density at radius 3 is 2.48 bits per heavy atom. The first-order valence-electron chi connectivity index (χ1n) is 8.61. The number of hydrogen-bond acceptors (Lipinski definition) is 0. The predicted octanol–water partition coefficient (Wildman–Crippen LogP) is 4.79. The van der Waals surface area contributed by atoms with Crippen LogP contribution in [0, 0.1) is 6.92 Å². The van der Waals surface area contributed by atoms with E-state index in [9.17, 15) is 0 Å². The summed E-state index contributed by atoms with van der Waals surface area (Å²) < 4.78 is 9.85. The van der Waals surface area contributed by atoms with Crippen molar-refractivity contribution in [3.8, 4) is 22.4 Å². The molecule has 1 nitrogen and oxygen atoms in total. The Morgan fingerprint density at radius 2 is 1.70 bits per heavy atom. The fraction of sp³-hybridized carbons (Fsp3) is 0.227. The van der Waals surface area contributed by atoms with Crippen molar-refractivity contribution in [3.63, 3.8) is 0 Å². The Labute approximate surface area is 139 Å². The average molecular weight is 301 g/mol. The van der Waals surface area contributed by atoms with E-state index in [1.165, 1.54) is 33.4 Å². The molecule has 0 fully saturated rings. The molecule has 0 aliphatic heterocycles. The summed E-state index contributed by atoms with van der Waals surface area (Å²) in [6.07, 6.45) is 1.86. The van der Waals surface area contributed by atoms with Crippen molar-refractivity contribution in [3.05, 3.63) is 77.5 Å². The zero-order valence-corrected chi connectivity index (χ0v) is 14.1. The molecule has 0 bridgehead atoms. The van der Waals surface area contributed by atoms with Crippen LogP contribution in [0.3, 0.4) is 0 Å². The first-order valence-corrected chi connectivity index (χ1v) is 8.11. The Bertz CT molecular complexity index is 970. The van der Waals surface area contributed by atoms with E-state index in [0.717, 1.165) is 5.69 Å². The van der Waals surface area contributed by atoms with Crippen molar-refractivity contribution >= 4 is 0 Å². The normalized spacial score (nSPS) is 15.0. The van der Waals surface area contributed by atoms with Gasteiger partial charge in [0.1, 0.15) is 7.05 Å². The molecule has 0 N–H and O–H groups in total. The summed E-state index contributed by atoms with van der Waals surface area (Å²) in [6, 6.07) is 17.9. The van der Waals surface area contributed by atoms with Gasteiger partial charge in [0, 0.05) is 23.1 Å². The largest absolute Gasteiger partial charge is 0.212 e. The molecule has 0 spiro atoms. The minimum Gasteiger partial charge on any atom is -0.201 e. The number of pyridine rings is 1. The maximum Gasteiger partial charge on any atom is 0.212 e. The molecule has 4 rings (SSSR count). The Morgan fingerprint density at radius 1 is 0.913 bits per heavy atom. The van der Waals surface area contributed by atoms with Crippen LogP contribution in [-0.4, -0.2) is 0 Å². The van der Waals surface area contributed by atoms with Crippen LogP contribution in [0.2, 0.25) is 0 Å². The topological polar surface area (TPSA) is 3.88 Å². The van der Waals surface area contributed by atoms with Crippen LogP contribution in [0.25, 0.3) is 22.4 Å². The van der Waals surface area contributed by atoms with Gasteiger partial charge in [-0.05, 0) is 46.9 Å². The molecule has 3 aromatic rings. The van der Waals surface area contributed by atoms with Gasteiger partial charge in [0.15, 0.2) is 6.20 Å². The van der Waals surface area contributed by atoms with Gasteiger partial charge in [-0.2, -0.15) is 0 Å². The fourth-order valence-electron chi connectivity index (χ4n) is 3.88. The number of fused-ring (bicyclic) bond motifs is 3. The third kappa shape index (κ3) is 1.96. The lowest BCUT2D eigenvalue weighted by atomic mass is 9.81. The van der Waals surface area contributed by atoms with Crippen molar-refractivity contribution in [2.45, 2.75) is 26.2 Å². The van der Waals surface area contributed by atoms with Crippen LogP contribution in [0.4, 0.5) is 0 Å². The lowest BCUT2D eigenvalue weighted by molar-refractivity contribution is -0.660. The molecule has 114 valence electrons. The third-order valence-corrected chi connectivity index (χ3v) is 5.19. The van der Waals surface area contributed by atoms with Gasteiger partial charge in [0.25, 0.3) is 0 Å². The second kappa shape index (κ2) is 4.79. The lowest BCUT2D eigenvalue weighted by Crippen LogP contribution is -2.30. The van der Waals surface area contributed by atoms with Gasteiger partial charge in [-0.25, -0.2) is 4.57 Å². The van der Waals surface area contributed by atoms with Gasteiger partial charge in [0.2, 0.25) is 5.69 Å². The third-order valence-electron chi connectivity index (χ3n) is 5.19. The highest BCUT2D eigenvalue weighted by Crippen LogP contribution is 2.49. The number of nitrogens with zero attached hydrogens (tertiary/aromatic N) is 1. The number of benzene rings is 2. The molecule has 0 amide bonds. The highest BCUT2D eigenvalue weighted by atomic mass is 14.9. The molecule has 0 saturated heterocycles. The molecule has 1 heteroatoms. The van der Waals surface area contributed by atoms with Gasteiger partial charge in [-0.1, -0.05) is 44.2 Å². The van der Waals surface area contributed by atoms with Gasteiger partial charge in [0.05, 0.1) is 1.37 Å². The summed E-state index contributed by atoms with van der Waals surface area (Å²) in [6.45, 7) is 6.80. The summed E-state index contributed by atoms with van der Waals surface area (Å²) >= 11 is 0. The first-order chi connectivity index (χ1) is 11.4. The Hall–Kier alpha value is -2.41. The van der Waals surface area contributed by atoms with Crippen molar-refractivity contribution in [1.29, 1.82) is 0 Å². The maximum atomic E-state index is 7.80. The van der Waals surface area contributed by atoms with E-state index in [1.807, 2.05) is 29.9 Å². The predicted molar refractivity (Wildman–Crippen MR) is 95.4 cm³/mol. The molecule has 1 aliphatic carbocycles. The first kappa shape index (κ1) is 13.1. The molecule has 1 aromatic heterocycles. The zero-order chi connectivity index (χ0) is 17.1. The van der Waals surface area contributed by atoms with Crippen LogP contribution >= 0.6 is 0 Å². The maximum absolute atomic E-state index is 7.80. The fourth-order valence-corrected chi connectivity index (χ4v) is 3.88. The van der Waals surface area contributed by atoms with E-state index in [0.29, 0.717) is 6.04 Å². The molecule has 1 heterocycles. The molecular formula is C22H22N+. The van der Waals surface area contributed by atoms with Crippen LogP contribution in [0.1, 0.15) is 31.9 Å². The summed E-state index contributed by atoms with van der Waals surface area (Å²) in [7, 11) is 2.01. The van der Waals surface area contributed by atoms with Gasteiger partial charge in [-0.15, -0.1) is 0 Å². The minimum absolute atomic E-state index is 0.0162. The quantitative estimate of drug-likeness (QED) is 0.569. The summed E-state index contributed by atoms with van der Waals surface area (Å²) in [5.74, 6) is 0. The van der Waals surface area contributed by atoms with E-state index in [4.69, 9.17) is 1.37 Å². The number of rotatable bonds is 1. The monoisotopic (exact) mass is 301 g/mol. The van der Waals surface area contributed by atoms with Gasteiger partial charge < -0.3 is 0 Å². The van der Waals surface area contributed by atoms with E-state index < -0.39 is 0 Å². The van der Waals surface area contributed by atoms with E-state index in [1.54, 1.807) is 0 Å². The molecular weight excluding hydrogens is 278 g/mol. The number of aryl methyl sites for hydroxylation is 2. The van der Waals surface area contributed by atoms with Gasteiger partial charge in [-0.3, -0.25) is 0 Å². The van der Waals surface area contributed by atoms with Crippen LogP contribution in [-0.2, 0) is 12.5 Å². The molecule has 0 atom stereocenters.